The molecule has 3 nitrogen and oxygen atoms in total. The van der Waals surface area contributed by atoms with Gasteiger partial charge in [0.15, 0.2) is 17.9 Å². The summed E-state index contributed by atoms with van der Waals surface area (Å²) in [6, 6.07) is 1.93. The van der Waals surface area contributed by atoms with E-state index in [4.69, 9.17) is 5.11 Å². The molecule has 1 aromatic carbocycles. The summed E-state index contributed by atoms with van der Waals surface area (Å²) in [5.41, 5.74) is 0.568. The molecule has 0 bridgehead atoms. The Morgan fingerprint density at radius 3 is 2.77 bits per heavy atom. The number of benzene rings is 1. The summed E-state index contributed by atoms with van der Waals surface area (Å²) >= 11 is 0. The van der Waals surface area contributed by atoms with E-state index in [1.165, 1.54) is 6.21 Å². The average molecular weight is 184 g/mol. The van der Waals surface area contributed by atoms with E-state index in [1.54, 1.807) is 0 Å². The minimum atomic E-state index is -0.962. The maximum atomic E-state index is 12.7. The lowest BCUT2D eigenvalue weighted by atomic mass is 10.2. The molecule has 1 atom stereocenters. The highest BCUT2D eigenvalue weighted by Gasteiger charge is 2.14. The third kappa shape index (κ3) is 1.38. The second kappa shape index (κ2) is 2.77. The minimum absolute atomic E-state index is 0.282. The molecule has 2 N–H and O–H groups in total. The van der Waals surface area contributed by atoms with Gasteiger partial charge in [-0.2, -0.15) is 0 Å². The van der Waals surface area contributed by atoms with Crippen LogP contribution in [0.2, 0.25) is 0 Å². The Kier molecular flexibility index (Phi) is 1.73. The monoisotopic (exact) mass is 184 g/mol. The molecule has 13 heavy (non-hydrogen) atoms. The van der Waals surface area contributed by atoms with Crippen molar-refractivity contribution in [3.8, 4) is 0 Å². The van der Waals surface area contributed by atoms with E-state index in [0.717, 1.165) is 12.1 Å². The van der Waals surface area contributed by atoms with Crippen molar-refractivity contribution in [2.24, 2.45) is 4.99 Å². The van der Waals surface area contributed by atoms with Crippen LogP contribution >= 0.6 is 0 Å². The van der Waals surface area contributed by atoms with Crippen molar-refractivity contribution in [2.45, 2.75) is 6.23 Å². The van der Waals surface area contributed by atoms with Gasteiger partial charge in [0.2, 0.25) is 0 Å². The van der Waals surface area contributed by atoms with Crippen LogP contribution in [-0.4, -0.2) is 17.5 Å². The molecule has 1 aliphatic rings. The smallest absolute Gasteiger partial charge is 0.161 e. The molecule has 1 heterocycles. The molecule has 0 saturated heterocycles. The number of nitrogens with zero attached hydrogens (tertiary/aromatic N) is 1. The second-order valence-electron chi connectivity index (χ2n) is 2.65. The fraction of sp³-hybridized carbons (Fsp3) is 0.125. The molecule has 0 radical (unpaired) electrons. The normalized spacial score (nSPS) is 19.5. The van der Waals surface area contributed by atoms with E-state index in [1.807, 2.05) is 0 Å². The van der Waals surface area contributed by atoms with Crippen LogP contribution in [0.4, 0.5) is 20.2 Å². The SMILES string of the molecule is OC1C=Nc2cc(F)c(F)cc2N1. The largest absolute Gasteiger partial charge is 0.369 e. The first kappa shape index (κ1) is 8.12. The Balaban J connectivity index is 2.52. The molecule has 1 aliphatic heterocycles. The van der Waals surface area contributed by atoms with Gasteiger partial charge in [0.05, 0.1) is 17.6 Å². The Morgan fingerprint density at radius 1 is 1.31 bits per heavy atom. The lowest BCUT2D eigenvalue weighted by molar-refractivity contribution is 0.274. The summed E-state index contributed by atoms with van der Waals surface area (Å²) < 4.78 is 25.3. The zero-order valence-electron chi connectivity index (χ0n) is 6.46. The van der Waals surface area contributed by atoms with Crippen LogP contribution in [0.3, 0.4) is 0 Å². The van der Waals surface area contributed by atoms with E-state index in [-0.39, 0.29) is 11.4 Å². The summed E-state index contributed by atoms with van der Waals surface area (Å²) in [7, 11) is 0. The van der Waals surface area contributed by atoms with Crippen molar-refractivity contribution >= 4 is 17.6 Å². The Labute approximate surface area is 72.7 Å². The summed E-state index contributed by atoms with van der Waals surface area (Å²) in [5.74, 6) is -1.91. The van der Waals surface area contributed by atoms with Crippen LogP contribution in [0.5, 0.6) is 0 Å². The number of halogens is 2. The molecular weight excluding hydrogens is 178 g/mol. The van der Waals surface area contributed by atoms with Gasteiger partial charge < -0.3 is 10.4 Å². The van der Waals surface area contributed by atoms with Gasteiger partial charge >= 0.3 is 0 Å². The van der Waals surface area contributed by atoms with Crippen molar-refractivity contribution in [1.29, 1.82) is 0 Å². The number of aliphatic imine (C=N–C) groups is 1. The number of hydrogen-bond donors (Lipinski definition) is 2. The quantitative estimate of drug-likeness (QED) is 0.640. The molecule has 0 saturated carbocycles. The highest BCUT2D eigenvalue weighted by atomic mass is 19.2. The van der Waals surface area contributed by atoms with E-state index in [0.29, 0.717) is 0 Å². The Hall–Kier alpha value is -1.49. The van der Waals surface area contributed by atoms with Gasteiger partial charge in [-0.1, -0.05) is 0 Å². The maximum absolute atomic E-state index is 12.7. The highest BCUT2D eigenvalue weighted by molar-refractivity contribution is 5.81. The number of nitrogens with one attached hydrogen (secondary N) is 1. The molecule has 5 heteroatoms. The van der Waals surface area contributed by atoms with Gasteiger partial charge in [-0.15, -0.1) is 0 Å². The Bertz CT molecular complexity index is 379. The minimum Gasteiger partial charge on any atom is -0.369 e. The summed E-state index contributed by atoms with van der Waals surface area (Å²) in [5, 5.41) is 11.6. The first-order chi connectivity index (χ1) is 6.16. The molecule has 0 fully saturated rings. The van der Waals surface area contributed by atoms with Crippen molar-refractivity contribution in [2.75, 3.05) is 5.32 Å². The van der Waals surface area contributed by atoms with E-state index >= 15 is 0 Å². The van der Waals surface area contributed by atoms with Gasteiger partial charge in [0.25, 0.3) is 0 Å². The molecule has 2 rings (SSSR count). The van der Waals surface area contributed by atoms with Gasteiger partial charge in [-0.25, -0.2) is 8.78 Å². The zero-order valence-corrected chi connectivity index (χ0v) is 6.46. The summed E-state index contributed by atoms with van der Waals surface area (Å²) in [6.45, 7) is 0. The maximum Gasteiger partial charge on any atom is 0.161 e. The lowest BCUT2D eigenvalue weighted by Crippen LogP contribution is -2.22. The third-order valence-electron chi connectivity index (χ3n) is 1.70. The van der Waals surface area contributed by atoms with Crippen LogP contribution in [0, 0.1) is 11.6 Å². The second-order valence-corrected chi connectivity index (χ2v) is 2.65. The average Bonchev–Trinajstić information content (AvgIpc) is 2.08. The van der Waals surface area contributed by atoms with E-state index < -0.39 is 17.9 Å². The van der Waals surface area contributed by atoms with Crippen molar-refractivity contribution in [3.05, 3.63) is 23.8 Å². The topological polar surface area (TPSA) is 44.6 Å². The van der Waals surface area contributed by atoms with Gasteiger partial charge in [0, 0.05) is 12.1 Å². The molecule has 0 amide bonds. The van der Waals surface area contributed by atoms with Crippen LogP contribution in [0.15, 0.2) is 17.1 Å². The number of hydrogen-bond acceptors (Lipinski definition) is 3. The van der Waals surface area contributed by atoms with Crippen LogP contribution in [-0.2, 0) is 0 Å². The fourth-order valence-corrected chi connectivity index (χ4v) is 1.11. The van der Waals surface area contributed by atoms with E-state index in [9.17, 15) is 8.78 Å². The van der Waals surface area contributed by atoms with Gasteiger partial charge in [0.1, 0.15) is 0 Å². The number of rotatable bonds is 0. The van der Waals surface area contributed by atoms with E-state index in [2.05, 4.69) is 10.3 Å². The first-order valence-electron chi connectivity index (χ1n) is 3.64. The molecule has 1 aromatic rings. The van der Waals surface area contributed by atoms with Gasteiger partial charge in [-0.3, -0.25) is 4.99 Å². The summed E-state index contributed by atoms with van der Waals surface area (Å²) in [4.78, 5) is 3.73. The van der Waals surface area contributed by atoms with Crippen molar-refractivity contribution in [3.63, 3.8) is 0 Å². The molecule has 0 aliphatic carbocycles. The van der Waals surface area contributed by atoms with Crippen LogP contribution in [0.25, 0.3) is 0 Å². The van der Waals surface area contributed by atoms with Crippen LogP contribution in [0.1, 0.15) is 0 Å². The standard InChI is InChI=1S/C8H6F2N2O/c9-4-1-6-7(2-5(4)10)12-8(13)3-11-6/h1-3,8,12-13H. The highest BCUT2D eigenvalue weighted by Crippen LogP contribution is 2.29. The fourth-order valence-electron chi connectivity index (χ4n) is 1.11. The van der Waals surface area contributed by atoms with Gasteiger partial charge in [-0.05, 0) is 0 Å². The molecule has 0 spiro atoms. The number of fused-ring (bicyclic) bond motifs is 1. The number of aliphatic hydroxyl groups excluding tert-OH is 1. The molecule has 1 unspecified atom stereocenters. The lowest BCUT2D eigenvalue weighted by Gasteiger charge is -2.16. The predicted octanol–water partition coefficient (Wildman–Crippen LogP) is 1.41. The number of anilines is 1. The summed E-state index contributed by atoms with van der Waals surface area (Å²) in [6.07, 6.45) is 0.261. The van der Waals surface area contributed by atoms with Crippen LogP contribution < -0.4 is 5.32 Å². The molecule has 0 aromatic heterocycles. The number of aliphatic hydroxyl groups is 1. The van der Waals surface area contributed by atoms with Crippen molar-refractivity contribution in [1.82, 2.24) is 0 Å². The Morgan fingerprint density at radius 2 is 2.00 bits per heavy atom. The third-order valence-corrected chi connectivity index (χ3v) is 1.70. The zero-order chi connectivity index (χ0) is 9.42. The predicted molar refractivity (Wildman–Crippen MR) is 44.1 cm³/mol. The first-order valence-corrected chi connectivity index (χ1v) is 3.64. The van der Waals surface area contributed by atoms with Crippen molar-refractivity contribution < 1.29 is 13.9 Å². The molecule has 68 valence electrons. The molecular formula is C8H6F2N2O.